The van der Waals surface area contributed by atoms with Crippen molar-refractivity contribution in [2.75, 3.05) is 5.32 Å². The average molecular weight is 316 g/mol. The number of amides is 1. The number of nitrogens with zero attached hydrogens (tertiary/aromatic N) is 2. The Balaban J connectivity index is 1.72. The molecule has 0 unspecified atom stereocenters. The van der Waals surface area contributed by atoms with E-state index in [1.54, 1.807) is 35.1 Å². The van der Waals surface area contributed by atoms with Crippen LogP contribution in [0.2, 0.25) is 5.02 Å². The van der Waals surface area contributed by atoms with Crippen molar-refractivity contribution in [3.8, 4) is 0 Å². The third-order valence-corrected chi connectivity index (χ3v) is 3.45. The molecule has 22 heavy (non-hydrogen) atoms. The molecule has 3 rings (SSSR count). The molecule has 6 heteroatoms. The van der Waals surface area contributed by atoms with Gasteiger partial charge in [0.2, 0.25) is 0 Å². The normalized spacial score (nSPS) is 10.6. The van der Waals surface area contributed by atoms with Crippen molar-refractivity contribution in [1.29, 1.82) is 0 Å². The van der Waals surface area contributed by atoms with Gasteiger partial charge in [0.15, 0.2) is 5.76 Å². The number of hydrogen-bond acceptors (Lipinski definition) is 3. The van der Waals surface area contributed by atoms with Crippen molar-refractivity contribution in [2.45, 2.75) is 13.5 Å². The molecule has 1 amide bonds. The van der Waals surface area contributed by atoms with Crippen LogP contribution in [0, 0.1) is 6.92 Å². The summed E-state index contributed by atoms with van der Waals surface area (Å²) in [7, 11) is 0. The molecule has 3 aromatic rings. The monoisotopic (exact) mass is 315 g/mol. The molecule has 2 heterocycles. The predicted octanol–water partition coefficient (Wildman–Crippen LogP) is 3.74. The number of rotatable bonds is 4. The quantitative estimate of drug-likeness (QED) is 0.798. The maximum absolute atomic E-state index is 12.2. The SMILES string of the molecule is Cc1ccc(Cl)cc1NC(=O)c1ccc(Cn2cccn2)o1. The lowest BCUT2D eigenvalue weighted by molar-refractivity contribution is 0.0994. The molecule has 0 aliphatic carbocycles. The van der Waals surface area contributed by atoms with Crippen LogP contribution in [0.15, 0.2) is 53.2 Å². The van der Waals surface area contributed by atoms with Crippen molar-refractivity contribution in [2.24, 2.45) is 0 Å². The van der Waals surface area contributed by atoms with Gasteiger partial charge in [0, 0.05) is 23.1 Å². The number of furan rings is 1. The van der Waals surface area contributed by atoms with Gasteiger partial charge in [0.1, 0.15) is 5.76 Å². The molecular weight excluding hydrogens is 302 g/mol. The molecule has 2 aromatic heterocycles. The maximum atomic E-state index is 12.2. The first-order valence-electron chi connectivity index (χ1n) is 6.75. The van der Waals surface area contributed by atoms with Crippen LogP contribution in [-0.2, 0) is 6.54 Å². The highest BCUT2D eigenvalue weighted by molar-refractivity contribution is 6.31. The minimum atomic E-state index is -0.308. The van der Waals surface area contributed by atoms with E-state index in [2.05, 4.69) is 10.4 Å². The second-order valence-corrected chi connectivity index (χ2v) is 5.32. The first kappa shape index (κ1) is 14.4. The van der Waals surface area contributed by atoms with Gasteiger partial charge in [0.25, 0.3) is 5.91 Å². The first-order valence-corrected chi connectivity index (χ1v) is 7.13. The standard InChI is InChI=1S/C16H14ClN3O2/c1-11-3-4-12(17)9-14(11)19-16(21)15-6-5-13(22-15)10-20-8-2-7-18-20/h2-9H,10H2,1H3,(H,19,21). The lowest BCUT2D eigenvalue weighted by atomic mass is 10.2. The second kappa shape index (κ2) is 6.07. The van der Waals surface area contributed by atoms with E-state index in [9.17, 15) is 4.79 Å². The fraction of sp³-hybridized carbons (Fsp3) is 0.125. The average Bonchev–Trinajstić information content (AvgIpc) is 3.15. The van der Waals surface area contributed by atoms with Gasteiger partial charge in [-0.3, -0.25) is 9.48 Å². The van der Waals surface area contributed by atoms with Gasteiger partial charge in [-0.05, 0) is 42.8 Å². The summed E-state index contributed by atoms with van der Waals surface area (Å²) in [5.41, 5.74) is 1.60. The van der Waals surface area contributed by atoms with Gasteiger partial charge < -0.3 is 9.73 Å². The van der Waals surface area contributed by atoms with Crippen LogP contribution in [0.25, 0.3) is 0 Å². The molecule has 0 spiro atoms. The summed E-state index contributed by atoms with van der Waals surface area (Å²) in [6.07, 6.45) is 3.52. The largest absolute Gasteiger partial charge is 0.454 e. The van der Waals surface area contributed by atoms with Crippen LogP contribution < -0.4 is 5.32 Å². The Bertz CT molecular complexity index is 794. The number of aromatic nitrogens is 2. The molecule has 0 fully saturated rings. The highest BCUT2D eigenvalue weighted by Gasteiger charge is 2.13. The minimum Gasteiger partial charge on any atom is -0.454 e. The van der Waals surface area contributed by atoms with E-state index < -0.39 is 0 Å². The molecular formula is C16H14ClN3O2. The van der Waals surface area contributed by atoms with E-state index in [1.165, 1.54) is 0 Å². The molecule has 0 aliphatic rings. The van der Waals surface area contributed by atoms with Crippen LogP contribution in [0.3, 0.4) is 0 Å². The summed E-state index contributed by atoms with van der Waals surface area (Å²) in [6.45, 7) is 2.38. The number of carbonyl (C=O) groups is 1. The molecule has 0 atom stereocenters. The third-order valence-electron chi connectivity index (χ3n) is 3.21. The summed E-state index contributed by atoms with van der Waals surface area (Å²) < 4.78 is 7.28. The molecule has 0 bridgehead atoms. The number of benzene rings is 1. The number of hydrogen-bond donors (Lipinski definition) is 1. The van der Waals surface area contributed by atoms with Crippen LogP contribution in [-0.4, -0.2) is 15.7 Å². The van der Waals surface area contributed by atoms with Crippen molar-refractivity contribution < 1.29 is 9.21 Å². The van der Waals surface area contributed by atoms with E-state index in [-0.39, 0.29) is 11.7 Å². The Morgan fingerprint density at radius 1 is 1.36 bits per heavy atom. The van der Waals surface area contributed by atoms with E-state index in [1.807, 2.05) is 25.3 Å². The van der Waals surface area contributed by atoms with Gasteiger partial charge >= 0.3 is 0 Å². The van der Waals surface area contributed by atoms with Crippen molar-refractivity contribution in [3.63, 3.8) is 0 Å². The minimum absolute atomic E-state index is 0.251. The Kier molecular flexibility index (Phi) is 3.98. The maximum Gasteiger partial charge on any atom is 0.291 e. The smallest absolute Gasteiger partial charge is 0.291 e. The fourth-order valence-electron chi connectivity index (χ4n) is 2.05. The van der Waals surface area contributed by atoms with E-state index in [0.29, 0.717) is 23.0 Å². The van der Waals surface area contributed by atoms with E-state index >= 15 is 0 Å². The van der Waals surface area contributed by atoms with Crippen LogP contribution in [0.5, 0.6) is 0 Å². The number of nitrogens with one attached hydrogen (secondary N) is 1. The zero-order chi connectivity index (χ0) is 15.5. The molecule has 0 radical (unpaired) electrons. The molecule has 0 aliphatic heterocycles. The van der Waals surface area contributed by atoms with Crippen LogP contribution >= 0.6 is 11.6 Å². The predicted molar refractivity (Wildman–Crippen MR) is 84.2 cm³/mol. The summed E-state index contributed by atoms with van der Waals surface area (Å²) in [6, 6.07) is 10.6. The number of carbonyl (C=O) groups excluding carboxylic acids is 1. The molecule has 1 N–H and O–H groups in total. The molecule has 0 saturated carbocycles. The summed E-state index contributed by atoms with van der Waals surface area (Å²) in [5, 5.41) is 7.47. The highest BCUT2D eigenvalue weighted by atomic mass is 35.5. The first-order chi connectivity index (χ1) is 10.6. The highest BCUT2D eigenvalue weighted by Crippen LogP contribution is 2.21. The van der Waals surface area contributed by atoms with Gasteiger partial charge in [-0.15, -0.1) is 0 Å². The van der Waals surface area contributed by atoms with Gasteiger partial charge in [-0.2, -0.15) is 5.10 Å². The summed E-state index contributed by atoms with van der Waals surface area (Å²) >= 11 is 5.95. The molecule has 1 aromatic carbocycles. The van der Waals surface area contributed by atoms with E-state index in [4.69, 9.17) is 16.0 Å². The third kappa shape index (κ3) is 3.20. The number of halogens is 1. The number of aryl methyl sites for hydroxylation is 1. The van der Waals surface area contributed by atoms with Crippen LogP contribution in [0.4, 0.5) is 5.69 Å². The Labute approximate surface area is 132 Å². The Morgan fingerprint density at radius 2 is 2.23 bits per heavy atom. The summed E-state index contributed by atoms with van der Waals surface area (Å²) in [5.74, 6) is 0.607. The summed E-state index contributed by atoms with van der Waals surface area (Å²) in [4.78, 5) is 12.2. The second-order valence-electron chi connectivity index (χ2n) is 4.88. The Hall–Kier alpha value is -2.53. The fourth-order valence-corrected chi connectivity index (χ4v) is 2.22. The van der Waals surface area contributed by atoms with Gasteiger partial charge in [-0.1, -0.05) is 17.7 Å². The lowest BCUT2D eigenvalue weighted by Crippen LogP contribution is -2.11. The van der Waals surface area contributed by atoms with Crippen molar-refractivity contribution in [1.82, 2.24) is 9.78 Å². The topological polar surface area (TPSA) is 60.1 Å². The zero-order valence-corrected chi connectivity index (χ0v) is 12.7. The molecule has 0 saturated heterocycles. The number of anilines is 1. The van der Waals surface area contributed by atoms with Crippen LogP contribution in [0.1, 0.15) is 21.9 Å². The molecule has 112 valence electrons. The Morgan fingerprint density at radius 3 is 3.00 bits per heavy atom. The van der Waals surface area contributed by atoms with Crippen molar-refractivity contribution in [3.05, 3.63) is 70.9 Å². The van der Waals surface area contributed by atoms with Crippen molar-refractivity contribution >= 4 is 23.2 Å². The van der Waals surface area contributed by atoms with Gasteiger partial charge in [0.05, 0.1) is 6.54 Å². The lowest BCUT2D eigenvalue weighted by Gasteiger charge is -2.07. The van der Waals surface area contributed by atoms with Gasteiger partial charge in [-0.25, -0.2) is 0 Å². The molecule has 5 nitrogen and oxygen atoms in total. The van der Waals surface area contributed by atoms with E-state index in [0.717, 1.165) is 5.56 Å². The zero-order valence-electron chi connectivity index (χ0n) is 11.9.